The highest BCUT2D eigenvalue weighted by Gasteiger charge is 2.33. The molecule has 2 fully saturated rings. The Morgan fingerprint density at radius 1 is 1.03 bits per heavy atom. The first-order valence-electron chi connectivity index (χ1n) is 11.7. The Hall–Kier alpha value is -2.90. The predicted octanol–water partition coefficient (Wildman–Crippen LogP) is 3.47. The summed E-state index contributed by atoms with van der Waals surface area (Å²) in [6, 6.07) is 11.8. The van der Waals surface area contributed by atoms with E-state index in [0.717, 1.165) is 68.5 Å². The van der Waals surface area contributed by atoms with Crippen LogP contribution in [-0.2, 0) is 17.6 Å². The normalized spacial score (nSPS) is 18.2. The van der Waals surface area contributed by atoms with Gasteiger partial charge in [0.1, 0.15) is 5.82 Å². The first kappa shape index (κ1) is 21.9. The molecule has 0 unspecified atom stereocenters. The molecule has 0 bridgehead atoms. The largest absolute Gasteiger partial charge is 0.379 e. The number of morpholine rings is 1. The summed E-state index contributed by atoms with van der Waals surface area (Å²) in [4.78, 5) is 18.6. The second-order valence-electron chi connectivity index (χ2n) is 9.05. The molecule has 33 heavy (non-hydrogen) atoms. The van der Waals surface area contributed by atoms with Crippen LogP contribution < -0.4 is 4.90 Å². The van der Waals surface area contributed by atoms with Crippen LogP contribution in [0.1, 0.15) is 35.5 Å². The van der Waals surface area contributed by atoms with Gasteiger partial charge in [-0.15, -0.1) is 0 Å². The lowest BCUT2D eigenvalue weighted by Gasteiger charge is -2.47. The molecule has 0 N–H and O–H groups in total. The molecule has 3 aromatic rings. The van der Waals surface area contributed by atoms with Gasteiger partial charge in [0.25, 0.3) is 0 Å². The molecule has 2 aromatic heterocycles. The molecule has 0 saturated carbocycles. The highest BCUT2D eigenvalue weighted by molar-refractivity contribution is 5.52. The van der Waals surface area contributed by atoms with Gasteiger partial charge in [-0.3, -0.25) is 19.9 Å². The van der Waals surface area contributed by atoms with Gasteiger partial charge in [-0.25, -0.2) is 4.39 Å². The molecule has 4 heterocycles. The number of rotatable bonds is 7. The molecular weight excluding hydrogens is 417 g/mol. The Labute approximate surface area is 194 Å². The molecule has 1 aromatic carbocycles. The highest BCUT2D eigenvalue weighted by Crippen LogP contribution is 2.28. The molecule has 2 aliphatic heterocycles. The Bertz CT molecular complexity index is 1050. The lowest BCUT2D eigenvalue weighted by Crippen LogP contribution is -2.61. The van der Waals surface area contributed by atoms with Gasteiger partial charge >= 0.3 is 0 Å². The lowest BCUT2D eigenvalue weighted by molar-refractivity contribution is 0.0105. The highest BCUT2D eigenvalue weighted by atomic mass is 19.1. The van der Waals surface area contributed by atoms with Gasteiger partial charge in [0.05, 0.1) is 18.9 Å². The van der Waals surface area contributed by atoms with Crippen molar-refractivity contribution in [3.05, 3.63) is 83.5 Å². The summed E-state index contributed by atoms with van der Waals surface area (Å²) in [5.74, 6) is 0.0418. The van der Waals surface area contributed by atoms with Crippen molar-refractivity contribution in [3.63, 3.8) is 0 Å². The Morgan fingerprint density at radius 2 is 1.79 bits per heavy atom. The van der Waals surface area contributed by atoms with E-state index in [0.29, 0.717) is 12.5 Å². The minimum atomic E-state index is -0.204. The third kappa shape index (κ3) is 5.37. The smallest absolute Gasteiger partial charge is 0.123 e. The average Bonchev–Trinajstić information content (AvgIpc) is 2.80. The van der Waals surface area contributed by atoms with Gasteiger partial charge in [-0.05, 0) is 42.2 Å². The third-order valence-electron chi connectivity index (χ3n) is 6.64. The van der Waals surface area contributed by atoms with Crippen molar-refractivity contribution in [2.45, 2.75) is 31.7 Å². The van der Waals surface area contributed by atoms with Gasteiger partial charge in [0, 0.05) is 74.3 Å². The summed E-state index contributed by atoms with van der Waals surface area (Å²) in [5.41, 5.74) is 5.31. The van der Waals surface area contributed by atoms with E-state index in [9.17, 15) is 4.39 Å². The van der Waals surface area contributed by atoms with Gasteiger partial charge in [0.2, 0.25) is 0 Å². The van der Waals surface area contributed by atoms with Crippen LogP contribution in [-0.4, -0.2) is 65.3 Å². The third-order valence-corrected chi connectivity index (χ3v) is 6.64. The van der Waals surface area contributed by atoms with Crippen LogP contribution in [0.3, 0.4) is 0 Å². The summed E-state index contributed by atoms with van der Waals surface area (Å²) >= 11 is 0. The lowest BCUT2D eigenvalue weighted by atomic mass is 9.95. The van der Waals surface area contributed by atoms with E-state index in [4.69, 9.17) is 9.72 Å². The molecule has 5 rings (SSSR count). The van der Waals surface area contributed by atoms with E-state index in [-0.39, 0.29) is 11.7 Å². The molecule has 6 nitrogen and oxygen atoms in total. The first-order valence-corrected chi connectivity index (χ1v) is 11.7. The second-order valence-corrected chi connectivity index (χ2v) is 9.05. The van der Waals surface area contributed by atoms with Crippen LogP contribution in [0.5, 0.6) is 0 Å². The summed E-state index contributed by atoms with van der Waals surface area (Å²) in [7, 11) is 0. The zero-order chi connectivity index (χ0) is 22.6. The maximum atomic E-state index is 13.4. The molecule has 7 heteroatoms. The fourth-order valence-electron chi connectivity index (χ4n) is 4.68. The fourth-order valence-corrected chi connectivity index (χ4v) is 4.68. The molecule has 1 atom stereocenters. The number of hydrogen-bond acceptors (Lipinski definition) is 6. The van der Waals surface area contributed by atoms with Crippen LogP contribution in [0.25, 0.3) is 0 Å². The number of nitrogens with zero attached hydrogens (tertiary/aromatic N) is 5. The number of hydrogen-bond donors (Lipinski definition) is 0. The van der Waals surface area contributed by atoms with E-state index in [2.05, 4.69) is 38.8 Å². The van der Waals surface area contributed by atoms with E-state index in [1.54, 1.807) is 18.6 Å². The quantitative estimate of drug-likeness (QED) is 0.553. The predicted molar refractivity (Wildman–Crippen MR) is 126 cm³/mol. The molecule has 0 radical (unpaired) electrons. The van der Waals surface area contributed by atoms with Crippen LogP contribution >= 0.6 is 0 Å². The van der Waals surface area contributed by atoms with Crippen molar-refractivity contribution < 1.29 is 9.13 Å². The Morgan fingerprint density at radius 3 is 2.52 bits per heavy atom. The van der Waals surface area contributed by atoms with Crippen LogP contribution in [0.4, 0.5) is 10.1 Å². The zero-order valence-electron chi connectivity index (χ0n) is 19.0. The van der Waals surface area contributed by atoms with Crippen molar-refractivity contribution in [2.75, 3.05) is 44.3 Å². The number of ether oxygens (including phenoxy) is 1. The molecule has 0 amide bonds. The van der Waals surface area contributed by atoms with Crippen LogP contribution in [0.15, 0.2) is 55.0 Å². The van der Waals surface area contributed by atoms with Gasteiger partial charge in [0.15, 0.2) is 0 Å². The molecule has 2 saturated heterocycles. The molecule has 0 aliphatic carbocycles. The van der Waals surface area contributed by atoms with E-state index in [1.807, 2.05) is 12.1 Å². The Kier molecular flexibility index (Phi) is 6.60. The number of benzene rings is 1. The maximum Gasteiger partial charge on any atom is 0.123 e. The summed E-state index contributed by atoms with van der Waals surface area (Å²) in [6.07, 6.45) is 6.66. The van der Waals surface area contributed by atoms with Crippen molar-refractivity contribution in [1.82, 2.24) is 19.9 Å². The summed E-state index contributed by atoms with van der Waals surface area (Å²) in [6.45, 7) is 7.93. The fraction of sp³-hybridized carbons (Fsp3) is 0.423. The molecule has 0 spiro atoms. The molecule has 172 valence electrons. The first-order chi connectivity index (χ1) is 16.1. The maximum absolute atomic E-state index is 13.4. The zero-order valence-corrected chi connectivity index (χ0v) is 19.0. The second kappa shape index (κ2) is 9.93. The average molecular weight is 448 g/mol. The number of pyridine rings is 1. The van der Waals surface area contributed by atoms with E-state index >= 15 is 0 Å². The summed E-state index contributed by atoms with van der Waals surface area (Å²) < 4.78 is 18.9. The van der Waals surface area contributed by atoms with Gasteiger partial charge < -0.3 is 9.64 Å². The van der Waals surface area contributed by atoms with Gasteiger partial charge in [-0.2, -0.15) is 0 Å². The summed E-state index contributed by atoms with van der Waals surface area (Å²) in [5, 5.41) is 0. The molecular formula is C26H30FN5O. The standard InChI is InChI=1S/C26H30FN5O/c1-19(20-2-4-21(27)5-3-20)12-22-14-25(15-23(30-22)13-24-16-28-6-7-29-24)32-17-26(18-32)31-8-10-33-11-9-31/h2-7,14-16,19,26H,8-13,17-18H2,1H3/t19-/m1/s1. The molecule has 2 aliphatic rings. The van der Waals surface area contributed by atoms with Crippen molar-refractivity contribution >= 4 is 5.69 Å². The van der Waals surface area contributed by atoms with Crippen LogP contribution in [0.2, 0.25) is 0 Å². The SMILES string of the molecule is C[C@H](Cc1cc(N2CC(N3CCOCC3)C2)cc(Cc2cnccn2)n1)c1ccc(F)cc1. The van der Waals surface area contributed by atoms with E-state index in [1.165, 1.54) is 17.8 Å². The van der Waals surface area contributed by atoms with Crippen molar-refractivity contribution in [1.29, 1.82) is 0 Å². The van der Waals surface area contributed by atoms with E-state index < -0.39 is 0 Å². The van der Waals surface area contributed by atoms with Crippen molar-refractivity contribution in [3.8, 4) is 0 Å². The number of aromatic nitrogens is 3. The topological polar surface area (TPSA) is 54.4 Å². The Balaban J connectivity index is 1.34. The number of anilines is 1. The monoisotopic (exact) mass is 447 g/mol. The minimum Gasteiger partial charge on any atom is -0.379 e. The minimum absolute atomic E-state index is 0.204. The number of halogens is 1. The van der Waals surface area contributed by atoms with Crippen LogP contribution in [0, 0.1) is 5.82 Å². The van der Waals surface area contributed by atoms with Crippen molar-refractivity contribution in [2.24, 2.45) is 0 Å². The van der Waals surface area contributed by atoms with Gasteiger partial charge in [-0.1, -0.05) is 19.1 Å².